The third-order valence-electron chi connectivity index (χ3n) is 4.33. The highest BCUT2D eigenvalue weighted by Crippen LogP contribution is 2.28. The first-order chi connectivity index (χ1) is 11.5. The minimum absolute atomic E-state index is 0. The van der Waals surface area contributed by atoms with E-state index in [-0.39, 0.29) is 35.2 Å². The lowest BCUT2D eigenvalue weighted by molar-refractivity contribution is 0.123. The maximum atomic E-state index is 14.0. The number of guanidine groups is 1. The fraction of sp³-hybridized carbons (Fsp3) is 0.632. The van der Waals surface area contributed by atoms with Crippen molar-refractivity contribution in [3.05, 3.63) is 35.6 Å². The number of halogens is 2. The molecule has 1 aliphatic rings. The van der Waals surface area contributed by atoms with Gasteiger partial charge in [-0.3, -0.25) is 4.99 Å². The SMILES string of the molecule is CN=C(NCCCOCC1CC1)NCC(C)(C)c1ccccc1F.I. The van der Waals surface area contributed by atoms with E-state index in [1.807, 2.05) is 26.0 Å². The first-order valence-corrected chi connectivity index (χ1v) is 8.80. The molecule has 0 bridgehead atoms. The summed E-state index contributed by atoms with van der Waals surface area (Å²) in [4.78, 5) is 4.22. The van der Waals surface area contributed by atoms with Gasteiger partial charge in [0, 0.05) is 38.8 Å². The Morgan fingerprint density at radius 2 is 2.00 bits per heavy atom. The number of benzene rings is 1. The Hall–Kier alpha value is -0.890. The Balaban J connectivity index is 0.00000312. The highest BCUT2D eigenvalue weighted by atomic mass is 127. The van der Waals surface area contributed by atoms with Crippen LogP contribution in [0.1, 0.15) is 38.7 Å². The third kappa shape index (κ3) is 7.90. The van der Waals surface area contributed by atoms with E-state index >= 15 is 0 Å². The molecule has 0 saturated heterocycles. The van der Waals surface area contributed by atoms with Gasteiger partial charge in [-0.05, 0) is 36.8 Å². The van der Waals surface area contributed by atoms with Gasteiger partial charge in [-0.2, -0.15) is 0 Å². The molecule has 0 unspecified atom stereocenters. The van der Waals surface area contributed by atoms with Gasteiger partial charge in [0.25, 0.3) is 0 Å². The minimum atomic E-state index is -0.323. The summed E-state index contributed by atoms with van der Waals surface area (Å²) < 4.78 is 19.6. The summed E-state index contributed by atoms with van der Waals surface area (Å²) in [5, 5.41) is 6.56. The average Bonchev–Trinajstić information content (AvgIpc) is 3.38. The Kier molecular flexibility index (Phi) is 9.71. The number of nitrogens with zero attached hydrogens (tertiary/aromatic N) is 1. The zero-order valence-corrected chi connectivity index (χ0v) is 17.8. The maximum Gasteiger partial charge on any atom is 0.191 e. The van der Waals surface area contributed by atoms with Crippen LogP contribution in [-0.2, 0) is 10.2 Å². The topological polar surface area (TPSA) is 45.7 Å². The van der Waals surface area contributed by atoms with Gasteiger partial charge in [-0.1, -0.05) is 32.0 Å². The van der Waals surface area contributed by atoms with Crippen LogP contribution >= 0.6 is 24.0 Å². The molecule has 1 aliphatic carbocycles. The van der Waals surface area contributed by atoms with Crippen LogP contribution in [0.15, 0.2) is 29.3 Å². The standard InChI is InChI=1S/C19H30FN3O.HI/c1-19(2,16-7-4-5-8-17(16)20)14-23-18(21-3)22-11-6-12-24-13-15-9-10-15;/h4-5,7-8,15H,6,9-14H2,1-3H3,(H2,21,22,23);1H. The number of rotatable bonds is 9. The predicted molar refractivity (Wildman–Crippen MR) is 112 cm³/mol. The molecule has 0 spiro atoms. The second-order valence-electron chi connectivity index (χ2n) is 7.09. The number of aliphatic imine (C=N–C) groups is 1. The zero-order valence-electron chi connectivity index (χ0n) is 15.5. The molecule has 2 rings (SSSR count). The van der Waals surface area contributed by atoms with Gasteiger partial charge in [0.15, 0.2) is 5.96 Å². The number of hydrogen-bond donors (Lipinski definition) is 2. The first-order valence-electron chi connectivity index (χ1n) is 8.80. The fourth-order valence-electron chi connectivity index (χ4n) is 2.55. The molecule has 25 heavy (non-hydrogen) atoms. The summed E-state index contributed by atoms with van der Waals surface area (Å²) >= 11 is 0. The van der Waals surface area contributed by atoms with Crippen LogP contribution < -0.4 is 10.6 Å². The molecule has 4 nitrogen and oxygen atoms in total. The van der Waals surface area contributed by atoms with Crippen molar-refractivity contribution in [2.24, 2.45) is 10.9 Å². The Bertz CT molecular complexity index is 547. The molecule has 0 amide bonds. The molecular weight excluding hydrogens is 432 g/mol. The summed E-state index contributed by atoms with van der Waals surface area (Å²) in [6.07, 6.45) is 3.60. The van der Waals surface area contributed by atoms with Crippen LogP contribution in [0.2, 0.25) is 0 Å². The van der Waals surface area contributed by atoms with E-state index in [0.29, 0.717) is 12.1 Å². The molecule has 1 fully saturated rings. The molecule has 2 N–H and O–H groups in total. The summed E-state index contributed by atoms with van der Waals surface area (Å²) in [6.45, 7) is 7.15. The van der Waals surface area contributed by atoms with E-state index in [1.165, 1.54) is 18.9 Å². The first kappa shape index (κ1) is 22.2. The van der Waals surface area contributed by atoms with Crippen LogP contribution in [0.25, 0.3) is 0 Å². The Labute approximate surface area is 168 Å². The predicted octanol–water partition coefficient (Wildman–Crippen LogP) is 3.70. The van der Waals surface area contributed by atoms with Crippen LogP contribution in [0.4, 0.5) is 4.39 Å². The maximum absolute atomic E-state index is 14.0. The molecule has 1 aromatic rings. The van der Waals surface area contributed by atoms with E-state index < -0.39 is 0 Å². The van der Waals surface area contributed by atoms with Crippen LogP contribution in [0.5, 0.6) is 0 Å². The summed E-state index contributed by atoms with van der Waals surface area (Å²) in [7, 11) is 1.75. The van der Waals surface area contributed by atoms with Gasteiger partial charge in [-0.25, -0.2) is 4.39 Å². The molecule has 0 radical (unpaired) electrons. The lowest BCUT2D eigenvalue weighted by Crippen LogP contribution is -2.44. The van der Waals surface area contributed by atoms with Crippen molar-refractivity contribution in [2.45, 2.75) is 38.5 Å². The lowest BCUT2D eigenvalue weighted by atomic mass is 9.84. The lowest BCUT2D eigenvalue weighted by Gasteiger charge is -2.27. The van der Waals surface area contributed by atoms with Crippen molar-refractivity contribution in [1.29, 1.82) is 0 Å². The molecular formula is C19H31FIN3O. The smallest absolute Gasteiger partial charge is 0.191 e. The normalized spacial score (nSPS) is 14.8. The zero-order chi connectivity index (χ0) is 17.4. The van der Waals surface area contributed by atoms with E-state index in [2.05, 4.69) is 15.6 Å². The van der Waals surface area contributed by atoms with Gasteiger partial charge < -0.3 is 15.4 Å². The van der Waals surface area contributed by atoms with Crippen LogP contribution in [0, 0.1) is 11.7 Å². The van der Waals surface area contributed by atoms with Crippen molar-refractivity contribution in [1.82, 2.24) is 10.6 Å². The van der Waals surface area contributed by atoms with Crippen molar-refractivity contribution >= 4 is 29.9 Å². The van der Waals surface area contributed by atoms with E-state index in [4.69, 9.17) is 4.74 Å². The largest absolute Gasteiger partial charge is 0.381 e. The van der Waals surface area contributed by atoms with Crippen LogP contribution in [-0.4, -0.2) is 39.3 Å². The number of ether oxygens (including phenoxy) is 1. The van der Waals surface area contributed by atoms with E-state index in [0.717, 1.165) is 38.1 Å². The van der Waals surface area contributed by atoms with Crippen LogP contribution in [0.3, 0.4) is 0 Å². The molecule has 0 aliphatic heterocycles. The summed E-state index contributed by atoms with van der Waals surface area (Å²) in [5.41, 5.74) is 0.387. The fourth-order valence-corrected chi connectivity index (χ4v) is 2.55. The van der Waals surface area contributed by atoms with Crippen molar-refractivity contribution in [3.63, 3.8) is 0 Å². The average molecular weight is 463 g/mol. The highest BCUT2D eigenvalue weighted by Gasteiger charge is 2.24. The van der Waals surface area contributed by atoms with Gasteiger partial charge in [-0.15, -0.1) is 24.0 Å². The number of hydrogen-bond acceptors (Lipinski definition) is 2. The third-order valence-corrected chi connectivity index (χ3v) is 4.33. The molecule has 142 valence electrons. The van der Waals surface area contributed by atoms with Gasteiger partial charge in [0.1, 0.15) is 5.82 Å². The van der Waals surface area contributed by atoms with Crippen molar-refractivity contribution < 1.29 is 9.13 Å². The molecule has 0 aromatic heterocycles. The van der Waals surface area contributed by atoms with Gasteiger partial charge in [0.05, 0.1) is 0 Å². The van der Waals surface area contributed by atoms with Gasteiger partial charge in [0.2, 0.25) is 0 Å². The highest BCUT2D eigenvalue weighted by molar-refractivity contribution is 14.0. The molecule has 1 saturated carbocycles. The number of nitrogens with one attached hydrogen (secondary N) is 2. The molecule has 1 aromatic carbocycles. The minimum Gasteiger partial charge on any atom is -0.381 e. The summed E-state index contributed by atoms with van der Waals surface area (Å²) in [5.74, 6) is 1.38. The van der Waals surface area contributed by atoms with E-state index in [1.54, 1.807) is 13.1 Å². The van der Waals surface area contributed by atoms with Gasteiger partial charge >= 0.3 is 0 Å². The molecule has 0 heterocycles. The molecule has 0 atom stereocenters. The molecule has 6 heteroatoms. The van der Waals surface area contributed by atoms with Crippen molar-refractivity contribution in [3.8, 4) is 0 Å². The second kappa shape index (κ2) is 11.0. The van der Waals surface area contributed by atoms with Crippen molar-refractivity contribution in [2.75, 3.05) is 33.4 Å². The van der Waals surface area contributed by atoms with E-state index in [9.17, 15) is 4.39 Å². The second-order valence-corrected chi connectivity index (χ2v) is 7.09. The summed E-state index contributed by atoms with van der Waals surface area (Å²) in [6, 6.07) is 6.93. The Morgan fingerprint density at radius 1 is 1.28 bits per heavy atom. The quantitative estimate of drug-likeness (QED) is 0.254. The monoisotopic (exact) mass is 463 g/mol. The Morgan fingerprint density at radius 3 is 2.64 bits per heavy atom.